The number of hydrogen-bond acceptors (Lipinski definition) is 4. The summed E-state index contributed by atoms with van der Waals surface area (Å²) in [6.45, 7) is 7.61. The van der Waals surface area contributed by atoms with E-state index in [-0.39, 0.29) is 10.9 Å². The van der Waals surface area contributed by atoms with Crippen molar-refractivity contribution in [3.8, 4) is 0 Å². The number of aromatic nitrogens is 4. The molecule has 2 heterocycles. The number of hydrogen-bond donors (Lipinski definition) is 2. The van der Waals surface area contributed by atoms with Crippen LogP contribution in [0.2, 0.25) is 0 Å². The summed E-state index contributed by atoms with van der Waals surface area (Å²) in [5, 5.41) is 10.5. The molecule has 0 saturated heterocycles. The van der Waals surface area contributed by atoms with Gasteiger partial charge in [-0.1, -0.05) is 0 Å². The molecule has 104 valence electrons. The first-order valence-electron chi connectivity index (χ1n) is 5.90. The SMILES string of the molecule is Cc1nn(C(C)C)c(C)c1NS(=O)(=O)c1cn[nH]c1. The number of H-pyrrole nitrogens is 1. The van der Waals surface area contributed by atoms with Crippen LogP contribution in [0.15, 0.2) is 17.3 Å². The number of anilines is 1. The number of sulfonamides is 1. The van der Waals surface area contributed by atoms with Gasteiger partial charge in [0, 0.05) is 12.2 Å². The van der Waals surface area contributed by atoms with Crippen LogP contribution in [0.5, 0.6) is 0 Å². The van der Waals surface area contributed by atoms with Crippen molar-refractivity contribution in [3.05, 3.63) is 23.8 Å². The average Bonchev–Trinajstić information content (AvgIpc) is 2.92. The summed E-state index contributed by atoms with van der Waals surface area (Å²) in [6, 6.07) is 0.172. The molecule has 0 spiro atoms. The van der Waals surface area contributed by atoms with Gasteiger partial charge < -0.3 is 0 Å². The fourth-order valence-corrected chi connectivity index (χ4v) is 2.97. The number of nitrogens with one attached hydrogen (secondary N) is 2. The molecular formula is C11H17N5O2S. The van der Waals surface area contributed by atoms with Crippen molar-refractivity contribution in [3.63, 3.8) is 0 Å². The van der Waals surface area contributed by atoms with Gasteiger partial charge in [-0.2, -0.15) is 10.2 Å². The maximum atomic E-state index is 12.1. The lowest BCUT2D eigenvalue weighted by Crippen LogP contribution is -2.13. The lowest BCUT2D eigenvalue weighted by Gasteiger charge is -2.09. The molecule has 2 rings (SSSR count). The van der Waals surface area contributed by atoms with Crippen LogP contribution in [-0.4, -0.2) is 28.4 Å². The first-order valence-corrected chi connectivity index (χ1v) is 7.38. The Bertz CT molecular complexity index is 670. The Hall–Kier alpha value is -1.83. The molecule has 8 heteroatoms. The third kappa shape index (κ3) is 2.48. The highest BCUT2D eigenvalue weighted by Gasteiger charge is 2.21. The molecule has 2 aromatic rings. The van der Waals surface area contributed by atoms with E-state index in [0.29, 0.717) is 11.4 Å². The second-order valence-electron chi connectivity index (χ2n) is 4.62. The molecule has 0 aliphatic heterocycles. The van der Waals surface area contributed by atoms with Crippen LogP contribution in [0.25, 0.3) is 0 Å². The fourth-order valence-electron chi connectivity index (χ4n) is 1.89. The molecule has 2 N–H and O–H groups in total. The van der Waals surface area contributed by atoms with Crippen LogP contribution in [0.1, 0.15) is 31.3 Å². The monoisotopic (exact) mass is 283 g/mol. The van der Waals surface area contributed by atoms with Gasteiger partial charge in [-0.3, -0.25) is 14.5 Å². The first-order chi connectivity index (χ1) is 8.83. The van der Waals surface area contributed by atoms with E-state index in [9.17, 15) is 8.42 Å². The number of aromatic amines is 1. The third-order valence-corrected chi connectivity index (χ3v) is 4.15. The quantitative estimate of drug-likeness (QED) is 0.891. The summed E-state index contributed by atoms with van der Waals surface area (Å²) in [6.07, 6.45) is 2.60. The molecular weight excluding hydrogens is 266 g/mol. The van der Waals surface area contributed by atoms with E-state index >= 15 is 0 Å². The van der Waals surface area contributed by atoms with Crippen LogP contribution in [-0.2, 0) is 10.0 Å². The Morgan fingerprint density at radius 2 is 2.05 bits per heavy atom. The zero-order valence-corrected chi connectivity index (χ0v) is 12.1. The first kappa shape index (κ1) is 13.6. The highest BCUT2D eigenvalue weighted by atomic mass is 32.2. The summed E-state index contributed by atoms with van der Waals surface area (Å²) in [5.74, 6) is 0. The molecule has 0 radical (unpaired) electrons. The van der Waals surface area contributed by atoms with Crippen molar-refractivity contribution in [2.45, 2.75) is 38.6 Å². The summed E-state index contributed by atoms with van der Waals surface area (Å²) in [5.41, 5.74) is 1.97. The van der Waals surface area contributed by atoms with E-state index < -0.39 is 10.0 Å². The number of aryl methyl sites for hydroxylation is 1. The van der Waals surface area contributed by atoms with Gasteiger partial charge in [0.1, 0.15) is 4.90 Å². The van der Waals surface area contributed by atoms with Gasteiger partial charge >= 0.3 is 0 Å². The minimum absolute atomic E-state index is 0.101. The van der Waals surface area contributed by atoms with Crippen LogP contribution >= 0.6 is 0 Å². The van der Waals surface area contributed by atoms with Gasteiger partial charge in [-0.25, -0.2) is 8.42 Å². The number of nitrogens with zero attached hydrogens (tertiary/aromatic N) is 3. The van der Waals surface area contributed by atoms with E-state index in [4.69, 9.17) is 0 Å². The fraction of sp³-hybridized carbons (Fsp3) is 0.455. The molecule has 0 aromatic carbocycles. The predicted molar refractivity (Wildman–Crippen MR) is 71.5 cm³/mol. The Labute approximate surface area is 112 Å². The molecule has 7 nitrogen and oxygen atoms in total. The van der Waals surface area contributed by atoms with Crippen molar-refractivity contribution < 1.29 is 8.42 Å². The molecule has 0 aliphatic rings. The van der Waals surface area contributed by atoms with Gasteiger partial charge in [0.15, 0.2) is 0 Å². The second kappa shape index (κ2) is 4.69. The minimum atomic E-state index is -3.62. The van der Waals surface area contributed by atoms with Crippen LogP contribution in [0, 0.1) is 13.8 Å². The molecule has 2 aromatic heterocycles. The Kier molecular flexibility index (Phi) is 3.36. The van der Waals surface area contributed by atoms with Crippen molar-refractivity contribution in [2.24, 2.45) is 0 Å². The normalized spacial score (nSPS) is 12.1. The zero-order valence-electron chi connectivity index (χ0n) is 11.3. The van der Waals surface area contributed by atoms with Crippen molar-refractivity contribution in [1.29, 1.82) is 0 Å². The summed E-state index contributed by atoms with van der Waals surface area (Å²) >= 11 is 0. The summed E-state index contributed by atoms with van der Waals surface area (Å²) in [7, 11) is -3.62. The van der Waals surface area contributed by atoms with E-state index in [1.54, 1.807) is 11.6 Å². The van der Waals surface area contributed by atoms with Crippen LogP contribution in [0.4, 0.5) is 5.69 Å². The maximum absolute atomic E-state index is 12.1. The van der Waals surface area contributed by atoms with Crippen molar-refractivity contribution in [2.75, 3.05) is 4.72 Å². The van der Waals surface area contributed by atoms with Gasteiger partial charge in [-0.15, -0.1) is 0 Å². The molecule has 0 bridgehead atoms. The van der Waals surface area contributed by atoms with E-state index in [2.05, 4.69) is 20.0 Å². The lowest BCUT2D eigenvalue weighted by atomic mass is 10.3. The standard InChI is InChI=1S/C11H17N5O2S/c1-7(2)16-9(4)11(8(3)14-16)15-19(17,18)10-5-12-13-6-10/h5-7,15H,1-4H3,(H,12,13). The Morgan fingerprint density at radius 1 is 1.37 bits per heavy atom. The van der Waals surface area contributed by atoms with Gasteiger partial charge in [0.2, 0.25) is 0 Å². The largest absolute Gasteiger partial charge is 0.284 e. The average molecular weight is 283 g/mol. The van der Waals surface area contributed by atoms with E-state index in [1.807, 2.05) is 20.8 Å². The number of rotatable bonds is 4. The predicted octanol–water partition coefficient (Wildman–Crippen LogP) is 1.60. The Balaban J connectivity index is 2.40. The van der Waals surface area contributed by atoms with Gasteiger partial charge in [0.25, 0.3) is 10.0 Å². The lowest BCUT2D eigenvalue weighted by molar-refractivity contribution is 0.516. The smallest absolute Gasteiger partial charge is 0.265 e. The van der Waals surface area contributed by atoms with E-state index in [0.717, 1.165) is 5.69 Å². The minimum Gasteiger partial charge on any atom is -0.284 e. The maximum Gasteiger partial charge on any atom is 0.265 e. The van der Waals surface area contributed by atoms with Crippen molar-refractivity contribution in [1.82, 2.24) is 20.0 Å². The van der Waals surface area contributed by atoms with Crippen LogP contribution in [0.3, 0.4) is 0 Å². The molecule has 0 fully saturated rings. The second-order valence-corrected chi connectivity index (χ2v) is 6.31. The molecule has 0 unspecified atom stereocenters. The van der Waals surface area contributed by atoms with Crippen LogP contribution < -0.4 is 4.72 Å². The van der Waals surface area contributed by atoms with E-state index in [1.165, 1.54) is 12.4 Å². The van der Waals surface area contributed by atoms with Gasteiger partial charge in [0.05, 0.1) is 23.3 Å². The zero-order chi connectivity index (χ0) is 14.2. The molecule has 0 saturated carbocycles. The third-order valence-electron chi connectivity index (χ3n) is 2.83. The molecule has 0 amide bonds. The highest BCUT2D eigenvalue weighted by Crippen LogP contribution is 2.25. The molecule has 0 atom stereocenters. The molecule has 19 heavy (non-hydrogen) atoms. The summed E-state index contributed by atoms with van der Waals surface area (Å²) < 4.78 is 28.6. The Morgan fingerprint density at radius 3 is 2.53 bits per heavy atom. The van der Waals surface area contributed by atoms with Crippen molar-refractivity contribution >= 4 is 15.7 Å². The highest BCUT2D eigenvalue weighted by molar-refractivity contribution is 7.92. The molecule has 0 aliphatic carbocycles. The topological polar surface area (TPSA) is 92.7 Å². The summed E-state index contributed by atoms with van der Waals surface area (Å²) in [4.78, 5) is 0.101. The van der Waals surface area contributed by atoms with Gasteiger partial charge in [-0.05, 0) is 27.7 Å².